The first-order chi connectivity index (χ1) is 9.20. The molecule has 1 heterocycles. The lowest BCUT2D eigenvalue weighted by Crippen LogP contribution is -2.41. The van der Waals surface area contributed by atoms with E-state index in [2.05, 4.69) is 60.4 Å². The third-order valence-corrected chi connectivity index (χ3v) is 4.16. The largest absolute Gasteiger partial charge is 0.372 e. The van der Waals surface area contributed by atoms with Crippen molar-refractivity contribution in [3.63, 3.8) is 0 Å². The third kappa shape index (κ3) is 3.95. The van der Waals surface area contributed by atoms with Gasteiger partial charge in [0, 0.05) is 25.3 Å². The van der Waals surface area contributed by atoms with E-state index in [4.69, 9.17) is 0 Å². The van der Waals surface area contributed by atoms with Crippen LogP contribution in [0.5, 0.6) is 0 Å². The first kappa shape index (κ1) is 14.4. The summed E-state index contributed by atoms with van der Waals surface area (Å²) in [5.74, 6) is 0. The van der Waals surface area contributed by atoms with Crippen LogP contribution < -0.4 is 10.2 Å². The van der Waals surface area contributed by atoms with E-state index >= 15 is 0 Å². The van der Waals surface area contributed by atoms with Gasteiger partial charge in [0.15, 0.2) is 0 Å². The van der Waals surface area contributed by atoms with Gasteiger partial charge in [-0.2, -0.15) is 0 Å². The highest BCUT2D eigenvalue weighted by atomic mass is 15.2. The molecule has 1 aromatic rings. The van der Waals surface area contributed by atoms with Crippen molar-refractivity contribution in [2.45, 2.75) is 32.4 Å². The van der Waals surface area contributed by atoms with Crippen molar-refractivity contribution in [2.75, 3.05) is 38.6 Å². The lowest BCUT2D eigenvalue weighted by atomic mass is 10.0. The number of hydrogen-bond acceptors (Lipinski definition) is 3. The Morgan fingerprint density at radius 1 is 1.21 bits per heavy atom. The molecule has 0 aromatic heterocycles. The Kier molecular flexibility index (Phi) is 5.23. The van der Waals surface area contributed by atoms with Gasteiger partial charge >= 0.3 is 0 Å². The summed E-state index contributed by atoms with van der Waals surface area (Å²) in [6, 6.07) is 9.68. The molecule has 1 fully saturated rings. The van der Waals surface area contributed by atoms with Crippen LogP contribution in [0.1, 0.15) is 25.3 Å². The minimum Gasteiger partial charge on any atom is -0.372 e. The predicted octanol–water partition coefficient (Wildman–Crippen LogP) is 2.33. The summed E-state index contributed by atoms with van der Waals surface area (Å²) in [5.41, 5.74) is 2.71. The summed E-state index contributed by atoms with van der Waals surface area (Å²) in [7, 11) is 4.45. The molecule has 3 heteroatoms. The second-order valence-electron chi connectivity index (χ2n) is 5.59. The summed E-state index contributed by atoms with van der Waals surface area (Å²) < 4.78 is 0. The molecule has 106 valence electrons. The fraction of sp³-hybridized carbons (Fsp3) is 0.625. The van der Waals surface area contributed by atoms with Gasteiger partial charge in [0.2, 0.25) is 0 Å². The Balaban J connectivity index is 1.93. The number of benzene rings is 1. The van der Waals surface area contributed by atoms with E-state index < -0.39 is 0 Å². The van der Waals surface area contributed by atoms with Gasteiger partial charge < -0.3 is 15.1 Å². The zero-order valence-corrected chi connectivity index (χ0v) is 12.5. The van der Waals surface area contributed by atoms with Gasteiger partial charge in [0.05, 0.1) is 0 Å². The quantitative estimate of drug-likeness (QED) is 0.877. The average molecular weight is 261 g/mol. The standard InChI is InChI=1S/C16H27N3/c1-4-17-13-14-5-7-15(8-6-14)19(3)16-9-11-18(2)12-10-16/h5-8,16-17H,4,9-13H2,1-3H3. The molecule has 19 heavy (non-hydrogen) atoms. The molecule has 0 unspecified atom stereocenters. The second kappa shape index (κ2) is 6.92. The fourth-order valence-corrected chi connectivity index (χ4v) is 2.71. The molecule has 1 aromatic carbocycles. The Morgan fingerprint density at radius 2 is 1.84 bits per heavy atom. The first-order valence-corrected chi connectivity index (χ1v) is 7.41. The Bertz CT molecular complexity index is 366. The van der Waals surface area contributed by atoms with Crippen molar-refractivity contribution in [1.29, 1.82) is 0 Å². The van der Waals surface area contributed by atoms with Crippen molar-refractivity contribution >= 4 is 5.69 Å². The van der Waals surface area contributed by atoms with Crippen LogP contribution in [-0.2, 0) is 6.54 Å². The minimum atomic E-state index is 0.691. The summed E-state index contributed by atoms with van der Waals surface area (Å²) >= 11 is 0. The van der Waals surface area contributed by atoms with Crippen LogP contribution in [0.2, 0.25) is 0 Å². The average Bonchev–Trinajstić information content (AvgIpc) is 2.46. The summed E-state index contributed by atoms with van der Waals surface area (Å²) in [4.78, 5) is 4.87. The molecule has 0 bridgehead atoms. The van der Waals surface area contributed by atoms with E-state index in [0.717, 1.165) is 13.1 Å². The SMILES string of the molecule is CCNCc1ccc(N(C)C2CCN(C)CC2)cc1. The van der Waals surface area contributed by atoms with Gasteiger partial charge in [-0.15, -0.1) is 0 Å². The molecule has 3 nitrogen and oxygen atoms in total. The van der Waals surface area contributed by atoms with E-state index in [9.17, 15) is 0 Å². The smallest absolute Gasteiger partial charge is 0.0366 e. The first-order valence-electron chi connectivity index (χ1n) is 7.41. The molecule has 0 radical (unpaired) electrons. The fourth-order valence-electron chi connectivity index (χ4n) is 2.71. The second-order valence-corrected chi connectivity index (χ2v) is 5.59. The topological polar surface area (TPSA) is 18.5 Å². The molecule has 1 N–H and O–H groups in total. The van der Waals surface area contributed by atoms with Crippen LogP contribution in [0.4, 0.5) is 5.69 Å². The summed E-state index contributed by atoms with van der Waals surface area (Å²) in [5, 5.41) is 3.36. The highest BCUT2D eigenvalue weighted by Crippen LogP contribution is 2.22. The van der Waals surface area contributed by atoms with Crippen molar-refractivity contribution in [2.24, 2.45) is 0 Å². The van der Waals surface area contributed by atoms with Crippen LogP contribution in [0.25, 0.3) is 0 Å². The molecule has 1 saturated heterocycles. The Morgan fingerprint density at radius 3 is 2.42 bits per heavy atom. The number of likely N-dealkylation sites (tertiary alicyclic amines) is 1. The van der Waals surface area contributed by atoms with Gasteiger partial charge in [-0.3, -0.25) is 0 Å². The zero-order valence-electron chi connectivity index (χ0n) is 12.5. The lowest BCUT2D eigenvalue weighted by Gasteiger charge is -2.36. The van der Waals surface area contributed by atoms with Crippen LogP contribution in [0.15, 0.2) is 24.3 Å². The number of piperidine rings is 1. The maximum atomic E-state index is 3.36. The van der Waals surface area contributed by atoms with Crippen LogP contribution in [0.3, 0.4) is 0 Å². The van der Waals surface area contributed by atoms with Crippen molar-refractivity contribution in [3.8, 4) is 0 Å². The molecule has 0 aliphatic carbocycles. The third-order valence-electron chi connectivity index (χ3n) is 4.16. The predicted molar refractivity (Wildman–Crippen MR) is 82.7 cm³/mol. The molecule has 0 atom stereocenters. The minimum absolute atomic E-state index is 0.691. The molecule has 0 amide bonds. The maximum Gasteiger partial charge on any atom is 0.0366 e. The number of anilines is 1. The zero-order chi connectivity index (χ0) is 13.7. The van der Waals surface area contributed by atoms with E-state index in [1.54, 1.807) is 0 Å². The molecule has 0 saturated carbocycles. The number of nitrogens with zero attached hydrogens (tertiary/aromatic N) is 2. The van der Waals surface area contributed by atoms with E-state index in [-0.39, 0.29) is 0 Å². The molecular formula is C16H27N3. The van der Waals surface area contributed by atoms with Gasteiger partial charge in [-0.1, -0.05) is 19.1 Å². The van der Waals surface area contributed by atoms with E-state index in [0.29, 0.717) is 6.04 Å². The monoisotopic (exact) mass is 261 g/mol. The van der Waals surface area contributed by atoms with Crippen molar-refractivity contribution in [3.05, 3.63) is 29.8 Å². The molecule has 1 aliphatic heterocycles. The van der Waals surface area contributed by atoms with Crippen molar-refractivity contribution < 1.29 is 0 Å². The number of nitrogens with one attached hydrogen (secondary N) is 1. The van der Waals surface area contributed by atoms with Crippen LogP contribution >= 0.6 is 0 Å². The highest BCUT2D eigenvalue weighted by molar-refractivity contribution is 5.48. The lowest BCUT2D eigenvalue weighted by molar-refractivity contribution is 0.253. The van der Waals surface area contributed by atoms with Gasteiger partial charge in [-0.05, 0) is 57.2 Å². The molecule has 1 aliphatic rings. The van der Waals surface area contributed by atoms with Crippen molar-refractivity contribution in [1.82, 2.24) is 10.2 Å². The Hall–Kier alpha value is -1.06. The molecule has 0 spiro atoms. The number of hydrogen-bond donors (Lipinski definition) is 1. The number of rotatable bonds is 5. The molecular weight excluding hydrogens is 234 g/mol. The molecule has 2 rings (SSSR count). The van der Waals surface area contributed by atoms with Gasteiger partial charge in [-0.25, -0.2) is 0 Å². The Labute approximate surface area is 117 Å². The summed E-state index contributed by atoms with van der Waals surface area (Å²) in [6.07, 6.45) is 2.54. The highest BCUT2D eigenvalue weighted by Gasteiger charge is 2.20. The van der Waals surface area contributed by atoms with Crippen LogP contribution in [-0.4, -0.2) is 44.7 Å². The van der Waals surface area contributed by atoms with E-state index in [1.165, 1.54) is 37.2 Å². The van der Waals surface area contributed by atoms with Gasteiger partial charge in [0.25, 0.3) is 0 Å². The van der Waals surface area contributed by atoms with Crippen LogP contribution in [0, 0.1) is 0 Å². The summed E-state index contributed by atoms with van der Waals surface area (Å²) in [6.45, 7) is 6.56. The van der Waals surface area contributed by atoms with E-state index in [1.807, 2.05) is 0 Å². The van der Waals surface area contributed by atoms with Gasteiger partial charge in [0.1, 0.15) is 0 Å². The maximum absolute atomic E-state index is 3.36. The normalized spacial score (nSPS) is 17.6.